The lowest BCUT2D eigenvalue weighted by molar-refractivity contribution is -0.136. The van der Waals surface area contributed by atoms with Crippen molar-refractivity contribution in [3.8, 4) is 0 Å². The van der Waals surface area contributed by atoms with E-state index in [1.165, 1.54) is 77.0 Å². The molecule has 0 heterocycles. The Morgan fingerprint density at radius 2 is 1.34 bits per heavy atom. The zero-order valence-corrected chi connectivity index (χ0v) is 19.3. The van der Waals surface area contributed by atoms with E-state index in [-0.39, 0.29) is 17.5 Å². The minimum Gasteiger partial charge on any atom is -0.299 e. The molecular formula is C27H46O2. The van der Waals surface area contributed by atoms with Gasteiger partial charge in [0.1, 0.15) is 11.6 Å². The van der Waals surface area contributed by atoms with Crippen LogP contribution in [0.3, 0.4) is 0 Å². The standard InChI is InChI=1S/C27H46O2/c1-3-5-6-7-21-8-13-23(14-9-21)24-15-10-22(11-16-24)19-27(29)25-17-12-20(4-2)18-26(25)28/h20-25H,3-19H2,1-2H3. The van der Waals surface area contributed by atoms with E-state index in [2.05, 4.69) is 13.8 Å². The Balaban J connectivity index is 1.34. The van der Waals surface area contributed by atoms with E-state index < -0.39 is 0 Å². The summed E-state index contributed by atoms with van der Waals surface area (Å²) in [5, 5.41) is 0. The molecule has 0 aliphatic heterocycles. The number of hydrogen-bond acceptors (Lipinski definition) is 2. The summed E-state index contributed by atoms with van der Waals surface area (Å²) in [6.07, 6.45) is 21.0. The van der Waals surface area contributed by atoms with Crippen molar-refractivity contribution in [2.24, 2.45) is 35.5 Å². The van der Waals surface area contributed by atoms with Crippen molar-refractivity contribution in [1.82, 2.24) is 0 Å². The molecule has 29 heavy (non-hydrogen) atoms. The van der Waals surface area contributed by atoms with Crippen LogP contribution in [0.4, 0.5) is 0 Å². The molecule has 166 valence electrons. The number of ketones is 2. The van der Waals surface area contributed by atoms with E-state index in [0.717, 1.165) is 37.0 Å². The van der Waals surface area contributed by atoms with E-state index in [4.69, 9.17) is 0 Å². The molecule has 2 unspecified atom stereocenters. The Kier molecular flexibility index (Phi) is 9.25. The van der Waals surface area contributed by atoms with Crippen molar-refractivity contribution in [2.45, 2.75) is 123 Å². The Bertz CT molecular complexity index is 509. The third kappa shape index (κ3) is 6.66. The molecule has 0 aromatic carbocycles. The first-order valence-electron chi connectivity index (χ1n) is 13.2. The lowest BCUT2D eigenvalue weighted by atomic mass is 9.67. The van der Waals surface area contributed by atoms with Crippen molar-refractivity contribution in [1.29, 1.82) is 0 Å². The lowest BCUT2D eigenvalue weighted by Gasteiger charge is -2.38. The molecule has 2 atom stereocenters. The normalized spacial score (nSPS) is 36.1. The van der Waals surface area contributed by atoms with Crippen molar-refractivity contribution < 1.29 is 9.59 Å². The van der Waals surface area contributed by atoms with Crippen LogP contribution in [0.2, 0.25) is 0 Å². The average Bonchev–Trinajstić information content (AvgIpc) is 2.75. The van der Waals surface area contributed by atoms with Crippen LogP contribution in [0, 0.1) is 35.5 Å². The average molecular weight is 403 g/mol. The molecule has 0 aromatic heterocycles. The van der Waals surface area contributed by atoms with E-state index >= 15 is 0 Å². The molecule has 2 heteroatoms. The third-order valence-corrected chi connectivity index (χ3v) is 8.86. The molecule has 0 aromatic rings. The Labute approximate surface area is 180 Å². The van der Waals surface area contributed by atoms with Crippen LogP contribution in [0.25, 0.3) is 0 Å². The molecule has 3 rings (SSSR count). The fourth-order valence-electron chi connectivity index (χ4n) is 6.70. The van der Waals surface area contributed by atoms with Gasteiger partial charge in [-0.1, -0.05) is 58.8 Å². The molecule has 0 N–H and O–H groups in total. The number of rotatable bonds is 9. The van der Waals surface area contributed by atoms with Crippen LogP contribution in [0.5, 0.6) is 0 Å². The van der Waals surface area contributed by atoms with Crippen LogP contribution in [-0.4, -0.2) is 11.6 Å². The Hall–Kier alpha value is -0.660. The maximum atomic E-state index is 12.8. The van der Waals surface area contributed by atoms with Crippen LogP contribution in [-0.2, 0) is 9.59 Å². The number of carbonyl (C=O) groups is 2. The zero-order chi connectivity index (χ0) is 20.6. The number of carbonyl (C=O) groups excluding carboxylic acids is 2. The summed E-state index contributed by atoms with van der Waals surface area (Å²) in [4.78, 5) is 25.2. The molecule has 0 radical (unpaired) electrons. The molecule has 3 fully saturated rings. The van der Waals surface area contributed by atoms with Crippen LogP contribution >= 0.6 is 0 Å². The van der Waals surface area contributed by atoms with Crippen molar-refractivity contribution in [3.63, 3.8) is 0 Å². The van der Waals surface area contributed by atoms with Gasteiger partial charge in [-0.15, -0.1) is 0 Å². The molecule has 0 bridgehead atoms. The molecule has 0 amide bonds. The van der Waals surface area contributed by atoms with Gasteiger partial charge < -0.3 is 0 Å². The van der Waals surface area contributed by atoms with Gasteiger partial charge in [-0.3, -0.25) is 9.59 Å². The predicted molar refractivity (Wildman–Crippen MR) is 121 cm³/mol. The van der Waals surface area contributed by atoms with Gasteiger partial charge >= 0.3 is 0 Å². The minimum atomic E-state index is -0.251. The molecule has 3 aliphatic rings. The van der Waals surface area contributed by atoms with Gasteiger partial charge in [-0.05, 0) is 81.0 Å². The highest BCUT2D eigenvalue weighted by atomic mass is 16.1. The second-order valence-corrected chi connectivity index (χ2v) is 10.8. The predicted octanol–water partition coefficient (Wildman–Crippen LogP) is 7.53. The fraction of sp³-hybridized carbons (Fsp3) is 0.926. The van der Waals surface area contributed by atoms with E-state index in [9.17, 15) is 9.59 Å². The van der Waals surface area contributed by atoms with Crippen LogP contribution < -0.4 is 0 Å². The summed E-state index contributed by atoms with van der Waals surface area (Å²) in [7, 11) is 0. The summed E-state index contributed by atoms with van der Waals surface area (Å²) in [5.41, 5.74) is 0. The summed E-state index contributed by atoms with van der Waals surface area (Å²) in [6, 6.07) is 0. The second kappa shape index (κ2) is 11.7. The third-order valence-electron chi connectivity index (χ3n) is 8.86. The van der Waals surface area contributed by atoms with E-state index in [1.807, 2.05) is 0 Å². The monoisotopic (exact) mass is 402 g/mol. The highest BCUT2D eigenvalue weighted by Gasteiger charge is 2.35. The summed E-state index contributed by atoms with van der Waals surface area (Å²) in [6.45, 7) is 4.47. The fourth-order valence-corrected chi connectivity index (χ4v) is 6.70. The van der Waals surface area contributed by atoms with Gasteiger partial charge in [0.25, 0.3) is 0 Å². The molecule has 0 spiro atoms. The van der Waals surface area contributed by atoms with E-state index in [1.54, 1.807) is 0 Å². The maximum absolute atomic E-state index is 12.8. The Morgan fingerprint density at radius 3 is 1.90 bits per heavy atom. The molecular weight excluding hydrogens is 356 g/mol. The number of unbranched alkanes of at least 4 members (excludes halogenated alkanes) is 2. The molecule has 3 saturated carbocycles. The number of Topliss-reactive ketones (excluding diaryl/α,β-unsaturated/α-hetero) is 2. The molecule has 0 saturated heterocycles. The molecule has 2 nitrogen and oxygen atoms in total. The second-order valence-electron chi connectivity index (χ2n) is 10.8. The van der Waals surface area contributed by atoms with Gasteiger partial charge in [0.05, 0.1) is 5.92 Å². The Morgan fingerprint density at radius 1 is 0.759 bits per heavy atom. The summed E-state index contributed by atoms with van der Waals surface area (Å²) in [5.74, 6) is 4.24. The lowest BCUT2D eigenvalue weighted by Crippen LogP contribution is -2.33. The SMILES string of the molecule is CCCCCC1CCC(C2CCC(CC(=O)C3CCC(CC)CC3=O)CC2)CC1. The first-order valence-corrected chi connectivity index (χ1v) is 13.2. The van der Waals surface area contributed by atoms with Crippen molar-refractivity contribution in [3.05, 3.63) is 0 Å². The summed E-state index contributed by atoms with van der Waals surface area (Å²) < 4.78 is 0. The topological polar surface area (TPSA) is 34.1 Å². The highest BCUT2D eigenvalue weighted by Crippen LogP contribution is 2.43. The first kappa shape index (κ1) is 23.0. The maximum Gasteiger partial charge on any atom is 0.143 e. The zero-order valence-electron chi connectivity index (χ0n) is 19.3. The van der Waals surface area contributed by atoms with Gasteiger partial charge in [0.2, 0.25) is 0 Å². The van der Waals surface area contributed by atoms with E-state index in [0.29, 0.717) is 24.7 Å². The van der Waals surface area contributed by atoms with Gasteiger partial charge in [-0.25, -0.2) is 0 Å². The van der Waals surface area contributed by atoms with Gasteiger partial charge in [0, 0.05) is 12.8 Å². The highest BCUT2D eigenvalue weighted by molar-refractivity contribution is 6.02. The molecule has 3 aliphatic carbocycles. The largest absolute Gasteiger partial charge is 0.299 e. The van der Waals surface area contributed by atoms with Crippen LogP contribution in [0.1, 0.15) is 123 Å². The van der Waals surface area contributed by atoms with Crippen molar-refractivity contribution >= 4 is 11.6 Å². The van der Waals surface area contributed by atoms with Gasteiger partial charge in [-0.2, -0.15) is 0 Å². The van der Waals surface area contributed by atoms with Gasteiger partial charge in [0.15, 0.2) is 0 Å². The quantitative estimate of drug-likeness (QED) is 0.295. The van der Waals surface area contributed by atoms with Crippen molar-refractivity contribution in [2.75, 3.05) is 0 Å². The minimum absolute atomic E-state index is 0.248. The first-order chi connectivity index (χ1) is 14.1. The smallest absolute Gasteiger partial charge is 0.143 e. The number of hydrogen-bond donors (Lipinski definition) is 0. The van der Waals surface area contributed by atoms with Crippen LogP contribution in [0.15, 0.2) is 0 Å². The summed E-state index contributed by atoms with van der Waals surface area (Å²) >= 11 is 0.